The number of nitrogens with two attached hydrogens (primary N) is 1. The van der Waals surface area contributed by atoms with E-state index < -0.39 is 64.1 Å². The maximum absolute atomic E-state index is 14.2. The van der Waals surface area contributed by atoms with Gasteiger partial charge in [0, 0.05) is 23.6 Å². The van der Waals surface area contributed by atoms with E-state index in [-0.39, 0.29) is 41.6 Å². The van der Waals surface area contributed by atoms with Gasteiger partial charge in [-0.25, -0.2) is 0 Å². The summed E-state index contributed by atoms with van der Waals surface area (Å²) >= 11 is 0. The fourth-order valence-corrected chi connectivity index (χ4v) is 7.70. The van der Waals surface area contributed by atoms with E-state index in [4.69, 9.17) is 15.2 Å². The lowest BCUT2D eigenvalue weighted by Gasteiger charge is -2.50. The van der Waals surface area contributed by atoms with Crippen molar-refractivity contribution < 1.29 is 49.1 Å². The molecule has 0 heterocycles. The van der Waals surface area contributed by atoms with Crippen LogP contribution in [-0.2, 0) is 32.1 Å². The monoisotopic (exact) mass is 677 g/mol. The fourth-order valence-electron chi connectivity index (χ4n) is 7.70. The van der Waals surface area contributed by atoms with Crippen LogP contribution >= 0.6 is 0 Å². The first-order valence-corrected chi connectivity index (χ1v) is 16.1. The van der Waals surface area contributed by atoms with Crippen molar-refractivity contribution >= 4 is 23.4 Å². The van der Waals surface area contributed by atoms with Gasteiger partial charge in [0.15, 0.2) is 11.4 Å². The van der Waals surface area contributed by atoms with Gasteiger partial charge in [0.25, 0.3) is 5.91 Å². The highest BCUT2D eigenvalue weighted by Gasteiger charge is 2.63. The van der Waals surface area contributed by atoms with Gasteiger partial charge in [0.05, 0.1) is 25.8 Å². The first kappa shape index (κ1) is 35.6. The van der Waals surface area contributed by atoms with Crippen molar-refractivity contribution in [1.82, 2.24) is 10.2 Å². The Hall–Kier alpha value is -4.72. The third kappa shape index (κ3) is 5.85. The van der Waals surface area contributed by atoms with Crippen molar-refractivity contribution in [1.29, 1.82) is 0 Å². The molecule has 13 heteroatoms. The number of fused-ring (bicyclic) bond motifs is 3. The van der Waals surface area contributed by atoms with E-state index in [0.717, 1.165) is 5.56 Å². The summed E-state index contributed by atoms with van der Waals surface area (Å²) in [5.74, 6) is -6.80. The molecule has 0 fully saturated rings. The predicted molar refractivity (Wildman–Crippen MR) is 178 cm³/mol. The molecule has 0 bridgehead atoms. The zero-order chi connectivity index (χ0) is 36.1. The van der Waals surface area contributed by atoms with Gasteiger partial charge < -0.3 is 41.0 Å². The van der Waals surface area contributed by atoms with Crippen LogP contribution in [0.15, 0.2) is 53.0 Å². The Bertz CT molecular complexity index is 1790. The van der Waals surface area contributed by atoms with Crippen molar-refractivity contribution in [2.24, 2.45) is 23.5 Å². The molecule has 5 rings (SSSR count). The zero-order valence-electron chi connectivity index (χ0n) is 28.4. The molecule has 1 amide bonds. The maximum Gasteiger partial charge on any atom is 0.322 e. The molecular weight excluding hydrogens is 634 g/mol. The number of Topliss-reactive ketones (excluding diaryl/α,β-unsaturated/α-hetero) is 2. The van der Waals surface area contributed by atoms with Crippen LogP contribution in [-0.4, -0.2) is 94.8 Å². The minimum Gasteiger partial charge on any atom is -0.510 e. The van der Waals surface area contributed by atoms with Gasteiger partial charge in [0.2, 0.25) is 5.78 Å². The quantitative estimate of drug-likeness (QED) is 0.158. The average molecular weight is 678 g/mol. The summed E-state index contributed by atoms with van der Waals surface area (Å²) in [6, 6.07) is 6.88. The Labute approximate surface area is 284 Å². The molecule has 3 aliphatic carbocycles. The van der Waals surface area contributed by atoms with Gasteiger partial charge in [-0.05, 0) is 80.1 Å². The molecule has 262 valence electrons. The Morgan fingerprint density at radius 2 is 1.78 bits per heavy atom. The highest BCUT2D eigenvalue weighted by molar-refractivity contribution is 6.25. The molecule has 0 spiro atoms. The van der Waals surface area contributed by atoms with E-state index in [1.807, 2.05) is 26.0 Å². The third-order valence-electron chi connectivity index (χ3n) is 9.91. The highest BCUT2D eigenvalue weighted by atomic mass is 16.5. The number of benzene rings is 2. The Balaban J connectivity index is 1.61. The lowest BCUT2D eigenvalue weighted by molar-refractivity contribution is -0.148. The van der Waals surface area contributed by atoms with Crippen LogP contribution in [0.3, 0.4) is 0 Å². The summed E-state index contributed by atoms with van der Waals surface area (Å²) in [6.07, 6.45) is 0.649. The second-order valence-corrected chi connectivity index (χ2v) is 13.6. The molecule has 7 N–H and O–H groups in total. The van der Waals surface area contributed by atoms with Crippen molar-refractivity contribution in [3.63, 3.8) is 0 Å². The topological polar surface area (TPSA) is 209 Å². The van der Waals surface area contributed by atoms with Gasteiger partial charge >= 0.3 is 5.97 Å². The third-order valence-corrected chi connectivity index (χ3v) is 9.91. The molecule has 2 aromatic carbocycles. The van der Waals surface area contributed by atoms with Crippen LogP contribution < -0.4 is 15.8 Å². The number of methoxy groups -OCH3 is 2. The fraction of sp³-hybridized carbons (Fsp3) is 0.444. The minimum atomic E-state index is -2.72. The van der Waals surface area contributed by atoms with Crippen LogP contribution in [0.4, 0.5) is 0 Å². The number of phenolic OH excluding ortho intramolecular Hbond substituents is 1. The number of ketones is 2. The normalized spacial score (nSPS) is 24.1. The lowest BCUT2D eigenvalue weighted by Crippen LogP contribution is -2.63. The van der Waals surface area contributed by atoms with Crippen LogP contribution in [0, 0.1) is 17.8 Å². The molecule has 3 aliphatic rings. The molecule has 5 atom stereocenters. The number of allylic oxidation sites excluding steroid dienone is 1. The summed E-state index contributed by atoms with van der Waals surface area (Å²) in [7, 11) is 6.00. The number of aromatic hydroxyl groups is 1. The van der Waals surface area contributed by atoms with Crippen molar-refractivity contribution in [2.75, 3.05) is 28.3 Å². The number of hydrogen-bond donors (Lipinski definition) is 6. The van der Waals surface area contributed by atoms with E-state index >= 15 is 0 Å². The van der Waals surface area contributed by atoms with Gasteiger partial charge in [0.1, 0.15) is 34.6 Å². The number of hydrogen-bond acceptors (Lipinski definition) is 12. The number of primary amides is 1. The van der Waals surface area contributed by atoms with Crippen molar-refractivity contribution in [3.8, 4) is 22.6 Å². The van der Waals surface area contributed by atoms with E-state index in [1.165, 1.54) is 25.2 Å². The van der Waals surface area contributed by atoms with Crippen LogP contribution in [0.5, 0.6) is 11.5 Å². The summed E-state index contributed by atoms with van der Waals surface area (Å²) in [5, 5.41) is 48.8. The lowest BCUT2D eigenvalue weighted by atomic mass is 9.58. The SMILES string of the molecule is COC(=O)C(CC(C)C)NCc1ccc(OC)c(-c2ccc(O)c3c2C[C@H]2C[C@H]4[C@H](N(C)C)C(O)=C(C(N)=O)C(=O)[C@@]4(O)C(O)=C2C3=O)c1. The molecule has 1 unspecified atom stereocenters. The highest BCUT2D eigenvalue weighted by Crippen LogP contribution is 2.53. The van der Waals surface area contributed by atoms with E-state index in [2.05, 4.69) is 5.32 Å². The second kappa shape index (κ2) is 13.3. The summed E-state index contributed by atoms with van der Waals surface area (Å²) in [5.41, 5.74) is 3.95. The largest absolute Gasteiger partial charge is 0.510 e. The van der Waals surface area contributed by atoms with Crippen molar-refractivity contribution in [2.45, 2.75) is 57.3 Å². The number of aliphatic hydroxyl groups is 3. The van der Waals surface area contributed by atoms with E-state index in [1.54, 1.807) is 26.2 Å². The molecule has 0 aromatic heterocycles. The van der Waals surface area contributed by atoms with Crippen LogP contribution in [0.25, 0.3) is 11.1 Å². The number of likely N-dealkylation sites (N-methyl/N-ethyl adjacent to an activating group) is 1. The minimum absolute atomic E-state index is 0.0350. The molecule has 0 radical (unpaired) electrons. The van der Waals surface area contributed by atoms with Crippen LogP contribution in [0.2, 0.25) is 0 Å². The number of phenols is 1. The number of esters is 1. The molecule has 13 nitrogen and oxygen atoms in total. The van der Waals surface area contributed by atoms with Gasteiger partial charge in [-0.3, -0.25) is 24.1 Å². The number of aliphatic hydroxyl groups excluding tert-OH is 2. The number of carbonyl (C=O) groups excluding carboxylic acids is 4. The first-order chi connectivity index (χ1) is 23.1. The molecular formula is C36H43N3O10. The number of carbonyl (C=O) groups is 4. The number of ether oxygens (including phenoxy) is 2. The molecule has 0 saturated carbocycles. The number of nitrogens with zero attached hydrogens (tertiary/aromatic N) is 1. The predicted octanol–water partition coefficient (Wildman–Crippen LogP) is 2.47. The summed E-state index contributed by atoms with van der Waals surface area (Å²) in [4.78, 5) is 53.9. The molecule has 0 aliphatic heterocycles. The zero-order valence-corrected chi connectivity index (χ0v) is 28.4. The average Bonchev–Trinajstić information content (AvgIpc) is 3.03. The molecule has 0 saturated heterocycles. The number of amides is 1. The van der Waals surface area contributed by atoms with Gasteiger partial charge in [-0.2, -0.15) is 0 Å². The van der Waals surface area contributed by atoms with E-state index in [0.29, 0.717) is 35.4 Å². The van der Waals surface area contributed by atoms with E-state index in [9.17, 15) is 39.6 Å². The number of nitrogens with one attached hydrogen (secondary N) is 1. The number of rotatable bonds is 10. The Morgan fingerprint density at radius 1 is 1.08 bits per heavy atom. The molecule has 49 heavy (non-hydrogen) atoms. The Kier molecular flexibility index (Phi) is 9.66. The van der Waals surface area contributed by atoms with Crippen LogP contribution in [0.1, 0.15) is 48.2 Å². The summed E-state index contributed by atoms with van der Waals surface area (Å²) < 4.78 is 10.7. The standard InChI is InChI=1S/C36H43N3O10/c1-16(2)11-23(35(46)49-6)38-15-17-7-10-25(48-5)20(12-17)19-8-9-24(40)27-21(19)13-18-14-22-29(39(3)4)31(42)28(34(37)45)33(44)36(22,47)32(43)26(18)30(27)41/h7-10,12,16,18,22-23,29,38,40,42-43,47H,11,13-15H2,1-6H3,(H2,37,45)/t18-,22-,23?,29-,36-/m0/s1. The van der Waals surface area contributed by atoms with Gasteiger partial charge in [-0.15, -0.1) is 0 Å². The molecule has 2 aromatic rings. The first-order valence-electron chi connectivity index (χ1n) is 16.1. The van der Waals surface area contributed by atoms with Gasteiger partial charge in [-0.1, -0.05) is 26.0 Å². The smallest absolute Gasteiger partial charge is 0.322 e. The summed E-state index contributed by atoms with van der Waals surface area (Å²) in [6.45, 7) is 4.34. The van der Waals surface area contributed by atoms with Crippen molar-refractivity contribution in [3.05, 3.63) is 69.7 Å². The maximum atomic E-state index is 14.2. The second-order valence-electron chi connectivity index (χ2n) is 13.6. The Morgan fingerprint density at radius 3 is 2.37 bits per heavy atom.